The van der Waals surface area contributed by atoms with Gasteiger partial charge in [-0.3, -0.25) is 9.69 Å². The molecule has 1 aliphatic rings. The number of hydrogen-bond acceptors (Lipinski definition) is 4. The minimum absolute atomic E-state index is 0.141. The second-order valence-corrected chi connectivity index (χ2v) is 6.31. The highest BCUT2D eigenvalue weighted by atomic mass is 16.5. The molecule has 0 aromatic heterocycles. The van der Waals surface area contributed by atoms with Gasteiger partial charge in [0.1, 0.15) is 5.54 Å². The van der Waals surface area contributed by atoms with Gasteiger partial charge in [-0.2, -0.15) is 0 Å². The number of ether oxygens (including phenoxy) is 1. The molecule has 0 aliphatic carbocycles. The highest BCUT2D eigenvalue weighted by molar-refractivity contribution is 5.80. The Labute approximate surface area is 117 Å². The minimum Gasteiger partial charge on any atom is -0.465 e. The van der Waals surface area contributed by atoms with Gasteiger partial charge in [-0.05, 0) is 73.5 Å². The molecule has 0 saturated carbocycles. The molecule has 1 rings (SSSR count). The van der Waals surface area contributed by atoms with Crippen LogP contribution in [0.25, 0.3) is 0 Å². The van der Waals surface area contributed by atoms with Crippen LogP contribution in [0.3, 0.4) is 0 Å². The molecule has 1 N–H and O–H groups in total. The highest BCUT2D eigenvalue weighted by Crippen LogP contribution is 2.28. The summed E-state index contributed by atoms with van der Waals surface area (Å²) < 4.78 is 5.15. The lowest BCUT2D eigenvalue weighted by atomic mass is 9.95. The third kappa shape index (κ3) is 4.18. The SMILES string of the molecule is CCOC(=O)C(C)(CCCN1CCCC1(C)C)NC. The van der Waals surface area contributed by atoms with Crippen LogP contribution in [0.5, 0.6) is 0 Å². The van der Waals surface area contributed by atoms with Crippen LogP contribution in [0.2, 0.25) is 0 Å². The van der Waals surface area contributed by atoms with Crippen LogP contribution in [-0.2, 0) is 9.53 Å². The second kappa shape index (κ2) is 6.71. The average Bonchev–Trinajstić information content (AvgIpc) is 2.69. The fourth-order valence-electron chi connectivity index (χ4n) is 2.82. The molecule has 1 unspecified atom stereocenters. The number of esters is 1. The van der Waals surface area contributed by atoms with Gasteiger partial charge in [0.05, 0.1) is 6.61 Å². The number of carbonyl (C=O) groups excluding carboxylic acids is 1. The summed E-state index contributed by atoms with van der Waals surface area (Å²) in [6.45, 7) is 11.1. The normalized spacial score (nSPS) is 22.2. The van der Waals surface area contributed by atoms with Crippen molar-refractivity contribution in [1.82, 2.24) is 10.2 Å². The molecule has 1 aliphatic heterocycles. The van der Waals surface area contributed by atoms with Gasteiger partial charge < -0.3 is 10.1 Å². The minimum atomic E-state index is -0.556. The van der Waals surface area contributed by atoms with E-state index in [-0.39, 0.29) is 5.97 Å². The number of nitrogens with zero attached hydrogens (tertiary/aromatic N) is 1. The van der Waals surface area contributed by atoms with Crippen LogP contribution < -0.4 is 5.32 Å². The van der Waals surface area contributed by atoms with Gasteiger partial charge in [-0.1, -0.05) is 0 Å². The summed E-state index contributed by atoms with van der Waals surface area (Å²) in [6.07, 6.45) is 4.39. The molecule has 0 bridgehead atoms. The Balaban J connectivity index is 2.43. The third-order valence-electron chi connectivity index (χ3n) is 4.46. The number of carbonyl (C=O) groups is 1. The lowest BCUT2D eigenvalue weighted by Gasteiger charge is -2.33. The molecule has 4 heteroatoms. The summed E-state index contributed by atoms with van der Waals surface area (Å²) in [4.78, 5) is 14.5. The summed E-state index contributed by atoms with van der Waals surface area (Å²) in [5.74, 6) is -0.141. The Kier molecular flexibility index (Phi) is 5.81. The second-order valence-electron chi connectivity index (χ2n) is 6.31. The lowest BCUT2D eigenvalue weighted by Crippen LogP contribution is -2.49. The number of nitrogens with one attached hydrogen (secondary N) is 1. The van der Waals surface area contributed by atoms with Gasteiger partial charge in [-0.15, -0.1) is 0 Å². The van der Waals surface area contributed by atoms with Crippen molar-refractivity contribution in [3.63, 3.8) is 0 Å². The molecule has 19 heavy (non-hydrogen) atoms. The van der Waals surface area contributed by atoms with Gasteiger partial charge in [0.15, 0.2) is 0 Å². The van der Waals surface area contributed by atoms with E-state index in [1.165, 1.54) is 19.4 Å². The third-order valence-corrected chi connectivity index (χ3v) is 4.46. The first-order chi connectivity index (χ1) is 8.85. The van der Waals surface area contributed by atoms with Gasteiger partial charge >= 0.3 is 5.97 Å². The number of hydrogen-bond donors (Lipinski definition) is 1. The van der Waals surface area contributed by atoms with E-state index in [2.05, 4.69) is 24.1 Å². The van der Waals surface area contributed by atoms with Crippen molar-refractivity contribution >= 4 is 5.97 Å². The summed E-state index contributed by atoms with van der Waals surface area (Å²) in [5, 5.41) is 3.12. The monoisotopic (exact) mass is 270 g/mol. The highest BCUT2D eigenvalue weighted by Gasteiger charge is 2.35. The van der Waals surface area contributed by atoms with Gasteiger partial charge in [-0.25, -0.2) is 0 Å². The van der Waals surface area contributed by atoms with Crippen LogP contribution in [0, 0.1) is 0 Å². The zero-order chi connectivity index (χ0) is 14.5. The van der Waals surface area contributed by atoms with Gasteiger partial charge in [0, 0.05) is 5.54 Å². The Hall–Kier alpha value is -0.610. The molecule has 0 radical (unpaired) electrons. The molecule has 0 spiro atoms. The Morgan fingerprint density at radius 2 is 2.16 bits per heavy atom. The molecule has 1 fully saturated rings. The Morgan fingerprint density at radius 1 is 1.47 bits per heavy atom. The van der Waals surface area contributed by atoms with Crippen LogP contribution >= 0.6 is 0 Å². The first-order valence-corrected chi connectivity index (χ1v) is 7.47. The first-order valence-electron chi connectivity index (χ1n) is 7.47. The maximum absolute atomic E-state index is 12.0. The maximum atomic E-state index is 12.0. The Morgan fingerprint density at radius 3 is 2.63 bits per heavy atom. The standard InChI is InChI=1S/C15H30N2O2/c1-6-19-13(18)15(4,16-5)10-8-12-17-11-7-9-14(17,2)3/h16H,6-12H2,1-5H3. The predicted molar refractivity (Wildman–Crippen MR) is 78.2 cm³/mol. The van der Waals surface area contributed by atoms with Crippen molar-refractivity contribution in [1.29, 1.82) is 0 Å². The number of likely N-dealkylation sites (tertiary alicyclic amines) is 1. The molecule has 0 aromatic rings. The van der Waals surface area contributed by atoms with E-state index < -0.39 is 5.54 Å². The molecule has 1 saturated heterocycles. The molecule has 1 heterocycles. The topological polar surface area (TPSA) is 41.6 Å². The largest absolute Gasteiger partial charge is 0.465 e. The van der Waals surface area contributed by atoms with Crippen LogP contribution in [0.15, 0.2) is 0 Å². The molecule has 112 valence electrons. The van der Waals surface area contributed by atoms with E-state index in [0.717, 1.165) is 19.4 Å². The van der Waals surface area contributed by atoms with Crippen LogP contribution in [0.1, 0.15) is 53.4 Å². The molecular weight excluding hydrogens is 240 g/mol. The average molecular weight is 270 g/mol. The molecular formula is C15H30N2O2. The van der Waals surface area contributed by atoms with Crippen molar-refractivity contribution in [3.8, 4) is 0 Å². The zero-order valence-electron chi connectivity index (χ0n) is 13.2. The van der Waals surface area contributed by atoms with Gasteiger partial charge in [0.25, 0.3) is 0 Å². The zero-order valence-corrected chi connectivity index (χ0v) is 13.2. The number of likely N-dealkylation sites (N-methyl/N-ethyl adjacent to an activating group) is 1. The molecule has 4 nitrogen and oxygen atoms in total. The summed E-state index contributed by atoms with van der Waals surface area (Å²) >= 11 is 0. The maximum Gasteiger partial charge on any atom is 0.326 e. The van der Waals surface area contributed by atoms with Gasteiger partial charge in [0.2, 0.25) is 0 Å². The van der Waals surface area contributed by atoms with Crippen LogP contribution in [0.4, 0.5) is 0 Å². The van der Waals surface area contributed by atoms with Crippen molar-refractivity contribution in [2.24, 2.45) is 0 Å². The fourth-order valence-corrected chi connectivity index (χ4v) is 2.82. The molecule has 0 aromatic carbocycles. The van der Waals surface area contributed by atoms with E-state index in [1.807, 2.05) is 20.9 Å². The molecule has 1 atom stereocenters. The van der Waals surface area contributed by atoms with E-state index in [1.54, 1.807) is 0 Å². The van der Waals surface area contributed by atoms with Crippen LogP contribution in [-0.4, -0.2) is 48.7 Å². The first kappa shape index (κ1) is 16.4. The van der Waals surface area contributed by atoms with Crippen molar-refractivity contribution in [2.75, 3.05) is 26.7 Å². The van der Waals surface area contributed by atoms with Crippen molar-refractivity contribution in [3.05, 3.63) is 0 Å². The smallest absolute Gasteiger partial charge is 0.326 e. The Bertz CT molecular complexity index is 305. The summed E-state index contributed by atoms with van der Waals surface area (Å²) in [6, 6.07) is 0. The quantitative estimate of drug-likeness (QED) is 0.720. The van der Waals surface area contributed by atoms with E-state index in [4.69, 9.17) is 4.74 Å². The van der Waals surface area contributed by atoms with Crippen molar-refractivity contribution in [2.45, 2.75) is 64.5 Å². The summed E-state index contributed by atoms with van der Waals surface area (Å²) in [5.41, 5.74) is -0.236. The van der Waals surface area contributed by atoms with Crippen molar-refractivity contribution < 1.29 is 9.53 Å². The van der Waals surface area contributed by atoms with E-state index >= 15 is 0 Å². The molecule has 0 amide bonds. The number of rotatable bonds is 7. The van der Waals surface area contributed by atoms with E-state index in [9.17, 15) is 4.79 Å². The lowest BCUT2D eigenvalue weighted by molar-refractivity contribution is -0.150. The predicted octanol–water partition coefficient (Wildman–Crippen LogP) is 2.18. The summed E-state index contributed by atoms with van der Waals surface area (Å²) in [7, 11) is 1.83. The van der Waals surface area contributed by atoms with E-state index in [0.29, 0.717) is 12.1 Å². The fraction of sp³-hybridized carbons (Fsp3) is 0.933.